The quantitative estimate of drug-likeness (QED) is 0.752. The first-order chi connectivity index (χ1) is 8.04. The highest BCUT2D eigenvalue weighted by atomic mass is 16.5. The van der Waals surface area contributed by atoms with Gasteiger partial charge in [-0.05, 0) is 39.7 Å². The summed E-state index contributed by atoms with van der Waals surface area (Å²) < 4.78 is 4.85. The van der Waals surface area contributed by atoms with Gasteiger partial charge in [-0.1, -0.05) is 6.42 Å². The average molecular weight is 240 g/mol. The van der Waals surface area contributed by atoms with Crippen molar-refractivity contribution in [3.63, 3.8) is 0 Å². The van der Waals surface area contributed by atoms with Crippen molar-refractivity contribution in [1.29, 1.82) is 0 Å². The summed E-state index contributed by atoms with van der Waals surface area (Å²) in [4.78, 5) is 14.2. The Morgan fingerprint density at radius 2 is 2.06 bits per heavy atom. The number of ether oxygens (including phenoxy) is 1. The third-order valence-corrected chi connectivity index (χ3v) is 4.10. The van der Waals surface area contributed by atoms with Crippen LogP contribution in [0.3, 0.4) is 0 Å². The predicted octanol–water partition coefficient (Wildman–Crippen LogP) is 1.15. The molecule has 2 unspecified atom stereocenters. The highest BCUT2D eigenvalue weighted by Crippen LogP contribution is 2.28. The lowest BCUT2D eigenvalue weighted by Gasteiger charge is -2.35. The second-order valence-electron chi connectivity index (χ2n) is 5.76. The van der Waals surface area contributed by atoms with Gasteiger partial charge in [0.25, 0.3) is 0 Å². The van der Waals surface area contributed by atoms with E-state index in [1.807, 2.05) is 13.8 Å². The summed E-state index contributed by atoms with van der Waals surface area (Å²) in [5.74, 6) is -0.174. The fraction of sp³-hybridized carbons (Fsp3) is 0.923. The van der Waals surface area contributed by atoms with E-state index in [-0.39, 0.29) is 5.97 Å². The molecule has 0 bridgehead atoms. The molecule has 0 aromatic carbocycles. The largest absolute Gasteiger partial charge is 0.468 e. The molecule has 2 saturated heterocycles. The topological polar surface area (TPSA) is 41.6 Å². The second kappa shape index (κ2) is 4.94. The monoisotopic (exact) mass is 240 g/mol. The van der Waals surface area contributed by atoms with Crippen molar-refractivity contribution in [2.45, 2.75) is 57.2 Å². The number of carbonyl (C=O) groups excluding carboxylic acids is 1. The summed E-state index contributed by atoms with van der Waals surface area (Å²) in [6.07, 6.45) is 5.04. The molecule has 0 spiro atoms. The molecule has 0 saturated carbocycles. The zero-order valence-electron chi connectivity index (χ0n) is 11.2. The molecule has 0 aromatic heterocycles. The number of rotatable bonds is 3. The van der Waals surface area contributed by atoms with Crippen molar-refractivity contribution in [2.24, 2.45) is 0 Å². The number of nitrogens with one attached hydrogen (secondary N) is 1. The first-order valence-electron chi connectivity index (χ1n) is 6.65. The minimum absolute atomic E-state index is 0.174. The van der Waals surface area contributed by atoms with E-state index in [0.29, 0.717) is 12.1 Å². The first-order valence-corrected chi connectivity index (χ1v) is 6.65. The fourth-order valence-corrected chi connectivity index (χ4v) is 3.19. The van der Waals surface area contributed by atoms with E-state index >= 15 is 0 Å². The molecule has 98 valence electrons. The van der Waals surface area contributed by atoms with Crippen LogP contribution in [0.25, 0.3) is 0 Å². The van der Waals surface area contributed by atoms with Gasteiger partial charge in [0.1, 0.15) is 5.54 Å². The minimum Gasteiger partial charge on any atom is -0.468 e. The van der Waals surface area contributed by atoms with Gasteiger partial charge in [-0.2, -0.15) is 0 Å². The molecule has 0 amide bonds. The van der Waals surface area contributed by atoms with Crippen molar-refractivity contribution in [3.8, 4) is 0 Å². The molecule has 0 radical (unpaired) electrons. The molecule has 4 heteroatoms. The van der Waals surface area contributed by atoms with E-state index in [2.05, 4.69) is 10.2 Å². The third kappa shape index (κ3) is 2.63. The molecular weight excluding hydrogens is 216 g/mol. The van der Waals surface area contributed by atoms with Crippen molar-refractivity contribution in [3.05, 3.63) is 0 Å². The van der Waals surface area contributed by atoms with E-state index in [4.69, 9.17) is 4.74 Å². The van der Waals surface area contributed by atoms with Crippen LogP contribution in [0, 0.1) is 0 Å². The van der Waals surface area contributed by atoms with Gasteiger partial charge >= 0.3 is 5.97 Å². The lowest BCUT2D eigenvalue weighted by molar-refractivity contribution is -0.147. The van der Waals surface area contributed by atoms with Gasteiger partial charge in [-0.3, -0.25) is 15.0 Å². The summed E-state index contributed by atoms with van der Waals surface area (Å²) in [5, 5.41) is 3.49. The van der Waals surface area contributed by atoms with Gasteiger partial charge in [0.2, 0.25) is 0 Å². The van der Waals surface area contributed by atoms with Crippen molar-refractivity contribution in [2.75, 3.05) is 20.2 Å². The second-order valence-corrected chi connectivity index (χ2v) is 5.76. The highest BCUT2D eigenvalue weighted by Gasteiger charge is 2.40. The van der Waals surface area contributed by atoms with E-state index < -0.39 is 5.54 Å². The number of hydrogen-bond acceptors (Lipinski definition) is 4. The van der Waals surface area contributed by atoms with Gasteiger partial charge in [-0.25, -0.2) is 0 Å². The average Bonchev–Trinajstić information content (AvgIpc) is 2.71. The van der Waals surface area contributed by atoms with Crippen LogP contribution in [0.15, 0.2) is 0 Å². The Hall–Kier alpha value is -0.610. The number of methoxy groups -OCH3 is 1. The van der Waals surface area contributed by atoms with Crippen LogP contribution in [-0.4, -0.2) is 48.7 Å². The Balaban J connectivity index is 1.97. The Morgan fingerprint density at radius 3 is 2.76 bits per heavy atom. The number of nitrogens with zero attached hydrogens (tertiary/aromatic N) is 1. The van der Waals surface area contributed by atoms with Crippen molar-refractivity contribution >= 4 is 5.97 Å². The van der Waals surface area contributed by atoms with Gasteiger partial charge in [0.15, 0.2) is 0 Å². The maximum atomic E-state index is 11.7. The number of esters is 1. The molecule has 2 rings (SSSR count). The van der Waals surface area contributed by atoms with E-state index in [9.17, 15) is 4.79 Å². The SMILES string of the molecule is COC(=O)C(C)(C)NC1CCN2CCCCC12. The number of piperidine rings is 1. The summed E-state index contributed by atoms with van der Waals surface area (Å²) in [6, 6.07) is 1.05. The molecule has 2 fully saturated rings. The zero-order chi connectivity index (χ0) is 12.5. The van der Waals surface area contributed by atoms with Gasteiger partial charge < -0.3 is 4.74 Å². The Morgan fingerprint density at radius 1 is 1.29 bits per heavy atom. The Labute approximate surface area is 104 Å². The van der Waals surface area contributed by atoms with Crippen LogP contribution in [-0.2, 0) is 9.53 Å². The van der Waals surface area contributed by atoms with Crippen LogP contribution in [0.5, 0.6) is 0 Å². The van der Waals surface area contributed by atoms with Gasteiger partial charge in [0, 0.05) is 18.6 Å². The van der Waals surface area contributed by atoms with Crippen LogP contribution in [0.2, 0.25) is 0 Å². The standard InChI is InChI=1S/C13H24N2O2/c1-13(2,12(16)17-3)14-10-7-9-15-8-5-4-6-11(10)15/h10-11,14H,4-9H2,1-3H3. The Bertz CT molecular complexity index is 291. The normalized spacial score (nSPS) is 30.1. The van der Waals surface area contributed by atoms with Gasteiger partial charge in [-0.15, -0.1) is 0 Å². The molecule has 2 heterocycles. The number of fused-ring (bicyclic) bond motifs is 1. The van der Waals surface area contributed by atoms with Crippen molar-refractivity contribution in [1.82, 2.24) is 10.2 Å². The van der Waals surface area contributed by atoms with E-state index in [1.54, 1.807) is 0 Å². The number of carbonyl (C=O) groups is 1. The summed E-state index contributed by atoms with van der Waals surface area (Å²) in [7, 11) is 1.45. The summed E-state index contributed by atoms with van der Waals surface area (Å²) in [5.41, 5.74) is -0.577. The predicted molar refractivity (Wildman–Crippen MR) is 66.8 cm³/mol. The maximum absolute atomic E-state index is 11.7. The zero-order valence-corrected chi connectivity index (χ0v) is 11.2. The molecule has 2 aliphatic rings. The lowest BCUT2D eigenvalue weighted by Crippen LogP contribution is -2.56. The fourth-order valence-electron chi connectivity index (χ4n) is 3.19. The molecular formula is C13H24N2O2. The van der Waals surface area contributed by atoms with Crippen LogP contribution in [0.1, 0.15) is 39.5 Å². The highest BCUT2D eigenvalue weighted by molar-refractivity contribution is 5.79. The molecule has 2 aliphatic heterocycles. The van der Waals surface area contributed by atoms with E-state index in [0.717, 1.165) is 6.42 Å². The smallest absolute Gasteiger partial charge is 0.325 e. The van der Waals surface area contributed by atoms with Crippen LogP contribution < -0.4 is 5.32 Å². The lowest BCUT2D eigenvalue weighted by atomic mass is 9.96. The summed E-state index contributed by atoms with van der Waals surface area (Å²) in [6.45, 7) is 6.20. The molecule has 0 aliphatic carbocycles. The molecule has 2 atom stereocenters. The summed E-state index contributed by atoms with van der Waals surface area (Å²) >= 11 is 0. The maximum Gasteiger partial charge on any atom is 0.325 e. The number of hydrogen-bond donors (Lipinski definition) is 1. The van der Waals surface area contributed by atoms with Crippen LogP contribution in [0.4, 0.5) is 0 Å². The molecule has 1 N–H and O–H groups in total. The molecule has 0 aromatic rings. The Kier molecular flexibility index (Phi) is 3.73. The van der Waals surface area contributed by atoms with Crippen LogP contribution >= 0.6 is 0 Å². The van der Waals surface area contributed by atoms with Crippen molar-refractivity contribution < 1.29 is 9.53 Å². The molecule has 4 nitrogen and oxygen atoms in total. The van der Waals surface area contributed by atoms with E-state index in [1.165, 1.54) is 39.5 Å². The third-order valence-electron chi connectivity index (χ3n) is 4.10. The minimum atomic E-state index is -0.577. The van der Waals surface area contributed by atoms with Gasteiger partial charge in [0.05, 0.1) is 7.11 Å². The molecule has 17 heavy (non-hydrogen) atoms. The first kappa shape index (κ1) is 12.8.